The van der Waals surface area contributed by atoms with Gasteiger partial charge in [-0.15, -0.1) is 0 Å². The number of ether oxygens (including phenoxy) is 1. The van der Waals surface area contributed by atoms with Crippen LogP contribution in [0, 0.1) is 10.1 Å². The predicted octanol–water partition coefficient (Wildman–Crippen LogP) is 2.34. The molecule has 2 aromatic rings. The summed E-state index contributed by atoms with van der Waals surface area (Å²) in [6, 6.07) is 9.53. The highest BCUT2D eigenvalue weighted by Gasteiger charge is 2.40. The molecule has 4 rings (SSSR count). The Hall–Kier alpha value is -3.42. The minimum atomic E-state index is -0.828. The number of hydrogen-bond acceptors (Lipinski definition) is 7. The third-order valence-corrected chi connectivity index (χ3v) is 3.63. The van der Waals surface area contributed by atoms with Crippen LogP contribution in [0.25, 0.3) is 0 Å². The number of nitro benzene ring substituents is 1. The van der Waals surface area contributed by atoms with Crippen LogP contribution in [0.2, 0.25) is 0 Å². The summed E-state index contributed by atoms with van der Waals surface area (Å²) in [5.41, 5.74) is 1.81. The van der Waals surface area contributed by atoms with Crippen molar-refractivity contribution in [3.05, 3.63) is 70.0 Å². The van der Waals surface area contributed by atoms with Gasteiger partial charge in [0.2, 0.25) is 17.8 Å². The Bertz CT molecular complexity index is 863. The molecule has 23 heavy (non-hydrogen) atoms. The molecule has 0 unspecified atom stereocenters. The van der Waals surface area contributed by atoms with Crippen LogP contribution in [0.3, 0.4) is 0 Å². The number of nitrogens with one attached hydrogen (secondary N) is 2. The van der Waals surface area contributed by atoms with Crippen LogP contribution in [0.4, 0.5) is 17.1 Å². The Morgan fingerprint density at radius 3 is 2.78 bits per heavy atom. The summed E-state index contributed by atoms with van der Waals surface area (Å²) in [7, 11) is 0. The van der Waals surface area contributed by atoms with Gasteiger partial charge >= 0.3 is 0 Å². The molecule has 8 heteroatoms. The molecule has 3 heterocycles. The van der Waals surface area contributed by atoms with Crippen LogP contribution < -0.4 is 10.6 Å². The minimum Gasteiger partial charge on any atom is -0.459 e. The van der Waals surface area contributed by atoms with E-state index in [1.165, 1.54) is 12.1 Å². The molecule has 0 bridgehead atoms. The average Bonchev–Trinajstić information content (AvgIpc) is 2.89. The first-order chi connectivity index (χ1) is 11.1. The highest BCUT2D eigenvalue weighted by Crippen LogP contribution is 2.40. The standard InChI is InChI=1S/C15H10N4O4/c20-13-12-15(23-14(13)10-3-1-2-6-16-10)18-11-7-8(19(21)22)4-5-9(11)17-12/h1-7,14,17-18H/t14-/m0/s1. The number of pyridine rings is 1. The van der Waals surface area contributed by atoms with Gasteiger partial charge in [-0.3, -0.25) is 19.9 Å². The van der Waals surface area contributed by atoms with Crippen molar-refractivity contribution in [3.8, 4) is 0 Å². The van der Waals surface area contributed by atoms with Gasteiger partial charge in [0, 0.05) is 18.3 Å². The number of ketones is 1. The van der Waals surface area contributed by atoms with Gasteiger partial charge in [0.25, 0.3) is 5.69 Å². The SMILES string of the molecule is O=C1C2=C(Nc3cc([N+](=O)[O-])ccc3N2)O[C@H]1c1ccccn1. The Labute approximate surface area is 129 Å². The van der Waals surface area contributed by atoms with Gasteiger partial charge < -0.3 is 15.4 Å². The molecule has 8 nitrogen and oxygen atoms in total. The molecule has 0 radical (unpaired) electrons. The first-order valence-electron chi connectivity index (χ1n) is 6.82. The summed E-state index contributed by atoms with van der Waals surface area (Å²) in [6.07, 6.45) is 0.757. The maximum atomic E-state index is 12.5. The molecule has 2 aliphatic rings. The number of rotatable bonds is 2. The van der Waals surface area contributed by atoms with E-state index in [9.17, 15) is 14.9 Å². The van der Waals surface area contributed by atoms with Gasteiger partial charge in [-0.25, -0.2) is 0 Å². The fourth-order valence-electron chi connectivity index (χ4n) is 2.52. The zero-order valence-corrected chi connectivity index (χ0v) is 11.6. The number of aromatic nitrogens is 1. The van der Waals surface area contributed by atoms with Crippen molar-refractivity contribution in [1.82, 2.24) is 4.98 Å². The fourth-order valence-corrected chi connectivity index (χ4v) is 2.52. The van der Waals surface area contributed by atoms with Crippen molar-refractivity contribution < 1.29 is 14.5 Å². The zero-order valence-electron chi connectivity index (χ0n) is 11.6. The summed E-state index contributed by atoms with van der Waals surface area (Å²) in [4.78, 5) is 27.0. The van der Waals surface area contributed by atoms with Gasteiger partial charge in [0.15, 0.2) is 0 Å². The van der Waals surface area contributed by atoms with E-state index < -0.39 is 11.0 Å². The number of non-ortho nitro benzene ring substituents is 1. The second kappa shape index (κ2) is 4.80. The Morgan fingerprint density at radius 2 is 2.04 bits per heavy atom. The molecule has 0 amide bonds. The van der Waals surface area contributed by atoms with Crippen molar-refractivity contribution in [2.75, 3.05) is 10.6 Å². The van der Waals surface area contributed by atoms with E-state index in [1.54, 1.807) is 30.5 Å². The first-order valence-corrected chi connectivity index (χ1v) is 6.82. The van der Waals surface area contributed by atoms with Crippen molar-refractivity contribution in [2.45, 2.75) is 6.10 Å². The molecule has 0 saturated carbocycles. The lowest BCUT2D eigenvalue weighted by atomic mass is 10.1. The molecule has 2 N–H and O–H groups in total. The van der Waals surface area contributed by atoms with Gasteiger partial charge in [-0.2, -0.15) is 0 Å². The molecule has 1 aromatic carbocycles. The van der Waals surface area contributed by atoms with Gasteiger partial charge in [-0.05, 0) is 18.2 Å². The van der Waals surface area contributed by atoms with Crippen molar-refractivity contribution in [1.29, 1.82) is 0 Å². The summed E-state index contributed by atoms with van der Waals surface area (Å²) in [5.74, 6) is 0.00820. The number of anilines is 2. The molecule has 1 aromatic heterocycles. The van der Waals surface area contributed by atoms with Crippen molar-refractivity contribution in [3.63, 3.8) is 0 Å². The normalized spacial score (nSPS) is 18.4. The van der Waals surface area contributed by atoms with E-state index in [1.807, 2.05) is 0 Å². The Morgan fingerprint density at radius 1 is 1.17 bits per heavy atom. The Kier molecular flexibility index (Phi) is 2.77. The van der Waals surface area contributed by atoms with Crippen LogP contribution in [-0.2, 0) is 9.53 Å². The van der Waals surface area contributed by atoms with Crippen LogP contribution >= 0.6 is 0 Å². The molecule has 0 spiro atoms. The fraction of sp³-hybridized carbons (Fsp3) is 0.0667. The minimum absolute atomic E-state index is 0.0484. The number of benzene rings is 1. The summed E-state index contributed by atoms with van der Waals surface area (Å²) < 4.78 is 5.64. The molecule has 2 aliphatic heterocycles. The van der Waals surface area contributed by atoms with Gasteiger partial charge in [0.05, 0.1) is 22.0 Å². The summed E-state index contributed by atoms with van der Waals surface area (Å²) in [6.45, 7) is 0. The maximum Gasteiger partial charge on any atom is 0.271 e. The third-order valence-electron chi connectivity index (χ3n) is 3.63. The second-order valence-corrected chi connectivity index (χ2v) is 5.06. The lowest BCUT2D eigenvalue weighted by molar-refractivity contribution is -0.384. The number of Topliss-reactive ketones (excluding diaryl/α,β-unsaturated/α-hetero) is 1. The number of fused-ring (bicyclic) bond motifs is 1. The smallest absolute Gasteiger partial charge is 0.271 e. The van der Waals surface area contributed by atoms with E-state index in [0.29, 0.717) is 22.8 Å². The maximum absolute atomic E-state index is 12.5. The number of hydrogen-bond donors (Lipinski definition) is 2. The lowest BCUT2D eigenvalue weighted by Crippen LogP contribution is -2.18. The number of nitrogens with zero attached hydrogens (tertiary/aromatic N) is 2. The monoisotopic (exact) mass is 310 g/mol. The lowest BCUT2D eigenvalue weighted by Gasteiger charge is -2.19. The summed E-state index contributed by atoms with van der Waals surface area (Å²) in [5, 5.41) is 16.7. The topological polar surface area (TPSA) is 106 Å². The van der Waals surface area contributed by atoms with Crippen LogP contribution in [0.5, 0.6) is 0 Å². The third kappa shape index (κ3) is 2.08. The number of carbonyl (C=O) groups is 1. The van der Waals surface area contributed by atoms with Crippen LogP contribution in [0.1, 0.15) is 11.8 Å². The van der Waals surface area contributed by atoms with E-state index in [4.69, 9.17) is 4.74 Å². The van der Waals surface area contributed by atoms with Gasteiger partial charge in [-0.1, -0.05) is 6.07 Å². The van der Waals surface area contributed by atoms with Crippen molar-refractivity contribution >= 4 is 22.8 Å². The molecule has 0 saturated heterocycles. The Balaban J connectivity index is 1.65. The van der Waals surface area contributed by atoms with Gasteiger partial charge in [0.1, 0.15) is 5.70 Å². The van der Waals surface area contributed by atoms with E-state index in [-0.39, 0.29) is 17.4 Å². The highest BCUT2D eigenvalue weighted by atomic mass is 16.6. The number of carbonyl (C=O) groups excluding carboxylic acids is 1. The zero-order chi connectivity index (χ0) is 16.0. The van der Waals surface area contributed by atoms with Crippen molar-refractivity contribution in [2.24, 2.45) is 0 Å². The highest BCUT2D eigenvalue weighted by molar-refractivity contribution is 6.06. The second-order valence-electron chi connectivity index (χ2n) is 5.06. The van der Waals surface area contributed by atoms with E-state index >= 15 is 0 Å². The summed E-state index contributed by atoms with van der Waals surface area (Å²) >= 11 is 0. The average molecular weight is 310 g/mol. The molecular formula is C15H10N4O4. The quantitative estimate of drug-likeness (QED) is 0.647. The first kappa shape index (κ1) is 13.3. The van der Waals surface area contributed by atoms with E-state index in [2.05, 4.69) is 15.6 Å². The number of nitro groups is 1. The van der Waals surface area contributed by atoms with E-state index in [0.717, 1.165) is 0 Å². The predicted molar refractivity (Wildman–Crippen MR) is 80.4 cm³/mol. The van der Waals surface area contributed by atoms with Crippen LogP contribution in [-0.4, -0.2) is 15.7 Å². The molecule has 0 fully saturated rings. The molecule has 114 valence electrons. The molecular weight excluding hydrogens is 300 g/mol. The molecule has 0 aliphatic carbocycles. The molecule has 1 atom stereocenters. The largest absolute Gasteiger partial charge is 0.459 e. The van der Waals surface area contributed by atoms with Crippen LogP contribution in [0.15, 0.2) is 54.2 Å².